The normalized spacial score (nSPS) is 13.2. The van der Waals surface area contributed by atoms with Gasteiger partial charge in [-0.2, -0.15) is 5.10 Å². The van der Waals surface area contributed by atoms with Gasteiger partial charge in [0.1, 0.15) is 5.82 Å². The second-order valence-electron chi connectivity index (χ2n) is 7.58. The maximum absolute atomic E-state index is 12.9. The fourth-order valence-corrected chi connectivity index (χ4v) is 3.47. The Hall–Kier alpha value is -3.35. The highest BCUT2D eigenvalue weighted by Gasteiger charge is 2.31. The number of nitrogens with zero attached hydrogens (tertiary/aromatic N) is 3. The Labute approximate surface area is 175 Å². The van der Waals surface area contributed by atoms with Gasteiger partial charge in [-0.3, -0.25) is 0 Å². The van der Waals surface area contributed by atoms with E-state index >= 15 is 0 Å². The summed E-state index contributed by atoms with van der Waals surface area (Å²) in [6, 6.07) is 19.6. The SMILES string of the molecule is O=C(NCCCc1ccccc1)NCCn1nc(C2CC2)n(-c2ccccc2)c1=O. The van der Waals surface area contributed by atoms with Crippen molar-refractivity contribution in [2.45, 2.75) is 38.1 Å². The van der Waals surface area contributed by atoms with Crippen LogP contribution in [0.4, 0.5) is 4.79 Å². The summed E-state index contributed by atoms with van der Waals surface area (Å²) in [5, 5.41) is 10.2. The predicted molar refractivity (Wildman–Crippen MR) is 116 cm³/mol. The van der Waals surface area contributed by atoms with Crippen LogP contribution in [0.5, 0.6) is 0 Å². The fourth-order valence-electron chi connectivity index (χ4n) is 3.47. The van der Waals surface area contributed by atoms with E-state index in [1.165, 1.54) is 10.2 Å². The Balaban J connectivity index is 1.27. The Morgan fingerprint density at radius 3 is 2.33 bits per heavy atom. The highest BCUT2D eigenvalue weighted by Crippen LogP contribution is 2.39. The van der Waals surface area contributed by atoms with E-state index in [0.29, 0.717) is 25.6 Å². The van der Waals surface area contributed by atoms with Crippen LogP contribution in [0.15, 0.2) is 65.5 Å². The molecule has 1 aliphatic rings. The fraction of sp³-hybridized carbons (Fsp3) is 0.348. The molecule has 7 nitrogen and oxygen atoms in total. The van der Waals surface area contributed by atoms with Crippen molar-refractivity contribution in [3.8, 4) is 5.69 Å². The van der Waals surface area contributed by atoms with E-state index in [2.05, 4.69) is 27.9 Å². The molecule has 0 radical (unpaired) electrons. The summed E-state index contributed by atoms with van der Waals surface area (Å²) in [6.07, 6.45) is 3.93. The van der Waals surface area contributed by atoms with Gasteiger partial charge in [-0.1, -0.05) is 48.5 Å². The highest BCUT2D eigenvalue weighted by molar-refractivity contribution is 5.73. The van der Waals surface area contributed by atoms with Gasteiger partial charge in [0.2, 0.25) is 0 Å². The molecule has 0 saturated heterocycles. The first-order valence-corrected chi connectivity index (χ1v) is 10.5. The molecule has 4 rings (SSSR count). The number of carbonyl (C=O) groups is 1. The van der Waals surface area contributed by atoms with Crippen LogP contribution in [0, 0.1) is 0 Å². The smallest absolute Gasteiger partial charge is 0.338 e. The molecule has 2 aromatic carbocycles. The summed E-state index contributed by atoms with van der Waals surface area (Å²) in [5.74, 6) is 1.16. The zero-order valence-electron chi connectivity index (χ0n) is 17.0. The lowest BCUT2D eigenvalue weighted by Gasteiger charge is -2.07. The van der Waals surface area contributed by atoms with Crippen molar-refractivity contribution < 1.29 is 4.79 Å². The monoisotopic (exact) mass is 405 g/mol. The van der Waals surface area contributed by atoms with Gasteiger partial charge in [0.25, 0.3) is 0 Å². The lowest BCUT2D eigenvalue weighted by atomic mass is 10.1. The third-order valence-corrected chi connectivity index (χ3v) is 5.20. The summed E-state index contributed by atoms with van der Waals surface area (Å²) in [5.41, 5.74) is 1.94. The zero-order chi connectivity index (χ0) is 20.8. The van der Waals surface area contributed by atoms with E-state index in [9.17, 15) is 9.59 Å². The Kier molecular flexibility index (Phi) is 6.27. The van der Waals surface area contributed by atoms with Crippen molar-refractivity contribution in [1.29, 1.82) is 0 Å². The van der Waals surface area contributed by atoms with Crippen molar-refractivity contribution in [2.75, 3.05) is 13.1 Å². The molecular formula is C23H27N5O2. The Morgan fingerprint density at radius 1 is 0.967 bits per heavy atom. The number of para-hydroxylation sites is 1. The molecule has 0 spiro atoms. The Bertz CT molecular complexity index is 1020. The molecular weight excluding hydrogens is 378 g/mol. The van der Waals surface area contributed by atoms with Gasteiger partial charge in [0.05, 0.1) is 12.2 Å². The molecule has 0 bridgehead atoms. The molecule has 1 fully saturated rings. The van der Waals surface area contributed by atoms with E-state index < -0.39 is 0 Å². The number of urea groups is 1. The average molecular weight is 406 g/mol. The average Bonchev–Trinajstić information content (AvgIpc) is 3.57. The molecule has 1 aromatic heterocycles. The van der Waals surface area contributed by atoms with E-state index in [-0.39, 0.29) is 11.7 Å². The number of hydrogen-bond donors (Lipinski definition) is 2. The van der Waals surface area contributed by atoms with Crippen LogP contribution in [0.3, 0.4) is 0 Å². The van der Waals surface area contributed by atoms with Crippen molar-refractivity contribution in [2.24, 2.45) is 0 Å². The van der Waals surface area contributed by atoms with Gasteiger partial charge in [-0.15, -0.1) is 0 Å². The van der Waals surface area contributed by atoms with E-state index in [0.717, 1.165) is 37.2 Å². The number of nitrogens with one attached hydrogen (secondary N) is 2. The molecule has 1 heterocycles. The summed E-state index contributed by atoms with van der Waals surface area (Å²) in [7, 11) is 0. The van der Waals surface area contributed by atoms with Crippen molar-refractivity contribution in [1.82, 2.24) is 25.0 Å². The van der Waals surface area contributed by atoms with Crippen LogP contribution in [-0.2, 0) is 13.0 Å². The summed E-state index contributed by atoms with van der Waals surface area (Å²) in [4.78, 5) is 24.9. The summed E-state index contributed by atoms with van der Waals surface area (Å²) < 4.78 is 3.15. The van der Waals surface area contributed by atoms with Crippen LogP contribution in [0.1, 0.15) is 36.6 Å². The molecule has 1 saturated carbocycles. The van der Waals surface area contributed by atoms with Crippen LogP contribution >= 0.6 is 0 Å². The third-order valence-electron chi connectivity index (χ3n) is 5.20. The number of rotatable bonds is 9. The molecule has 156 valence electrons. The van der Waals surface area contributed by atoms with Gasteiger partial charge in [0.15, 0.2) is 0 Å². The lowest BCUT2D eigenvalue weighted by Crippen LogP contribution is -2.39. The van der Waals surface area contributed by atoms with Gasteiger partial charge in [0, 0.05) is 19.0 Å². The minimum absolute atomic E-state index is 0.159. The molecule has 0 aliphatic heterocycles. The maximum Gasteiger partial charge on any atom is 0.350 e. The van der Waals surface area contributed by atoms with Crippen LogP contribution in [-0.4, -0.2) is 33.5 Å². The highest BCUT2D eigenvalue weighted by atomic mass is 16.2. The predicted octanol–water partition coefficient (Wildman–Crippen LogP) is 2.84. The first kappa shape index (κ1) is 19.9. The summed E-state index contributed by atoms with van der Waals surface area (Å²) in [6.45, 7) is 1.30. The van der Waals surface area contributed by atoms with Crippen molar-refractivity contribution in [3.63, 3.8) is 0 Å². The third kappa shape index (κ3) is 4.97. The van der Waals surface area contributed by atoms with E-state index in [1.54, 1.807) is 4.57 Å². The zero-order valence-corrected chi connectivity index (χ0v) is 17.0. The molecule has 0 unspecified atom stereocenters. The molecule has 30 heavy (non-hydrogen) atoms. The van der Waals surface area contributed by atoms with Gasteiger partial charge in [-0.05, 0) is 43.4 Å². The second kappa shape index (κ2) is 9.43. The van der Waals surface area contributed by atoms with Crippen LogP contribution in [0.2, 0.25) is 0 Å². The van der Waals surface area contributed by atoms with E-state index in [4.69, 9.17) is 0 Å². The number of hydrogen-bond acceptors (Lipinski definition) is 3. The number of benzene rings is 2. The van der Waals surface area contributed by atoms with Gasteiger partial charge in [-0.25, -0.2) is 18.8 Å². The van der Waals surface area contributed by atoms with Crippen molar-refractivity contribution >= 4 is 6.03 Å². The number of carbonyl (C=O) groups excluding carboxylic acids is 1. The topological polar surface area (TPSA) is 81.0 Å². The molecule has 2 N–H and O–H groups in total. The minimum Gasteiger partial charge on any atom is -0.338 e. The van der Waals surface area contributed by atoms with Gasteiger partial charge >= 0.3 is 11.7 Å². The Morgan fingerprint density at radius 2 is 1.63 bits per heavy atom. The molecule has 7 heteroatoms. The number of amides is 2. The molecule has 0 atom stereocenters. The quantitative estimate of drug-likeness (QED) is 0.537. The second-order valence-corrected chi connectivity index (χ2v) is 7.58. The van der Waals surface area contributed by atoms with E-state index in [1.807, 2.05) is 48.5 Å². The maximum atomic E-state index is 12.9. The first-order chi connectivity index (χ1) is 14.7. The molecule has 2 amide bonds. The minimum atomic E-state index is -0.221. The molecule has 1 aliphatic carbocycles. The van der Waals surface area contributed by atoms with Crippen LogP contribution < -0.4 is 16.3 Å². The van der Waals surface area contributed by atoms with Crippen molar-refractivity contribution in [3.05, 3.63) is 82.5 Å². The molecule has 3 aromatic rings. The summed E-state index contributed by atoms with van der Waals surface area (Å²) >= 11 is 0. The standard InChI is InChI=1S/C23H27N5O2/c29-22(24-15-7-10-18-8-3-1-4-9-18)25-16-17-27-23(30)28(20-11-5-2-6-12-20)21(26-27)19-13-14-19/h1-6,8-9,11-12,19H,7,10,13-17H2,(H2,24,25,29). The van der Waals surface area contributed by atoms with Gasteiger partial charge < -0.3 is 10.6 Å². The van der Waals surface area contributed by atoms with Crippen LogP contribution in [0.25, 0.3) is 5.69 Å². The number of aryl methyl sites for hydroxylation is 1. The first-order valence-electron chi connectivity index (χ1n) is 10.5. The lowest BCUT2D eigenvalue weighted by molar-refractivity contribution is 0.240. The number of aromatic nitrogens is 3. The largest absolute Gasteiger partial charge is 0.350 e.